The number of hydrogen-bond donors (Lipinski definition) is 0. The van der Waals surface area contributed by atoms with Gasteiger partial charge in [-0.3, -0.25) is 0 Å². The van der Waals surface area contributed by atoms with Gasteiger partial charge in [-0.1, -0.05) is 198 Å². The Morgan fingerprint density at radius 3 is 1.99 bits per heavy atom. The predicted octanol–water partition coefficient (Wildman–Crippen LogP) is 17.1. The van der Waals surface area contributed by atoms with Crippen LogP contribution in [-0.2, 0) is 0 Å². The van der Waals surface area contributed by atoms with E-state index in [0.717, 1.165) is 20.1 Å². The van der Waals surface area contributed by atoms with Crippen LogP contribution in [0.15, 0.2) is 132 Å². The van der Waals surface area contributed by atoms with Gasteiger partial charge in [-0.2, -0.15) is 0 Å². The van der Waals surface area contributed by atoms with Gasteiger partial charge in [0.05, 0.1) is 5.54 Å². The molecule has 0 aromatic heterocycles. The van der Waals surface area contributed by atoms with Crippen LogP contribution in [-0.4, -0.2) is 19.9 Å². The van der Waals surface area contributed by atoms with Crippen molar-refractivity contribution in [3.63, 3.8) is 0 Å². The van der Waals surface area contributed by atoms with Gasteiger partial charge < -0.3 is 9.80 Å². The molecule has 0 amide bonds. The van der Waals surface area contributed by atoms with Crippen molar-refractivity contribution >= 4 is 57.7 Å². The van der Waals surface area contributed by atoms with Crippen LogP contribution in [0.1, 0.15) is 179 Å². The number of rotatable bonds is 14. The second-order valence-corrected chi connectivity index (χ2v) is 23.0. The number of nitrogens with zero attached hydrogens (tertiary/aromatic N) is 2. The highest BCUT2D eigenvalue weighted by atomic mass is 15.2. The van der Waals surface area contributed by atoms with Gasteiger partial charge >= 0.3 is 0 Å². The van der Waals surface area contributed by atoms with E-state index in [4.69, 9.17) is 0 Å². The molecule has 0 N–H and O–H groups in total. The Kier molecular flexibility index (Phi) is 14.4. The molecule has 4 aromatic carbocycles. The Balaban J connectivity index is 1.34. The van der Waals surface area contributed by atoms with Gasteiger partial charge in [0.2, 0.25) is 7.28 Å². The van der Waals surface area contributed by atoms with Gasteiger partial charge in [-0.15, -0.1) is 0 Å². The zero-order valence-corrected chi connectivity index (χ0v) is 45.5. The fourth-order valence-corrected chi connectivity index (χ4v) is 12.2. The van der Waals surface area contributed by atoms with Crippen molar-refractivity contribution in [3.8, 4) is 0 Å². The third kappa shape index (κ3) is 9.30. The molecule has 3 aliphatic carbocycles. The molecular formula is C66H83BN2. The summed E-state index contributed by atoms with van der Waals surface area (Å²) in [6.45, 7) is 39.6. The molecule has 8 rings (SSSR count). The monoisotopic (exact) mass is 915 g/mol. The largest absolute Gasteiger partial charge is 0.366 e. The van der Waals surface area contributed by atoms with Gasteiger partial charge in [-0.25, -0.2) is 0 Å². The number of allylic oxidation sites excluding steroid dienone is 12. The number of likely N-dealkylation sites (N-methyl/N-ethyl adjacent to an activating group) is 1. The standard InChI is InChI=1S/C66H83BN2/c1-18-49(64-56(42(8)9)34-51(39(2)3)35-57(64)43(10)11)22-21-31-66(29-19-20-30-66)68(17)60-37-52(63-48(16)46(14)33-55(63)41(6)7)38-61-65(60)67-58-36-50(62-47(15)45(13)32-54(62)40(4)5)25-28-59(58)69(61)53-26-23-44(12)24-27-53/h18,21-28,31-43,46-47,67H,1,19-20,29-30H2,2-17H3/b31-21+,49-22+/t46-,47-/m0/s1. The van der Waals surface area contributed by atoms with Crippen molar-refractivity contribution in [1.29, 1.82) is 0 Å². The number of anilines is 4. The van der Waals surface area contributed by atoms with E-state index in [0.29, 0.717) is 41.4 Å². The lowest BCUT2D eigenvalue weighted by Gasteiger charge is -2.43. The van der Waals surface area contributed by atoms with Crippen molar-refractivity contribution in [1.82, 2.24) is 0 Å². The smallest absolute Gasteiger partial charge is 0.200 e. The van der Waals surface area contributed by atoms with Gasteiger partial charge in [0.25, 0.3) is 0 Å². The van der Waals surface area contributed by atoms with Crippen LogP contribution in [0.5, 0.6) is 0 Å². The van der Waals surface area contributed by atoms with Gasteiger partial charge in [0, 0.05) is 35.7 Å². The molecule has 2 nitrogen and oxygen atoms in total. The highest BCUT2D eigenvalue weighted by molar-refractivity contribution is 6.73. The molecule has 360 valence electrons. The Labute approximate surface area is 420 Å². The minimum absolute atomic E-state index is 0.155. The van der Waals surface area contributed by atoms with E-state index in [1.54, 1.807) is 0 Å². The predicted molar refractivity (Wildman–Crippen MR) is 307 cm³/mol. The van der Waals surface area contributed by atoms with Crippen molar-refractivity contribution in [2.24, 2.45) is 23.7 Å². The zero-order valence-electron chi connectivity index (χ0n) is 45.5. The van der Waals surface area contributed by atoms with Gasteiger partial charge in [-0.05, 0) is 166 Å². The molecule has 4 aromatic rings. The quantitative estimate of drug-likeness (QED) is 0.0809. The Morgan fingerprint density at radius 1 is 0.754 bits per heavy atom. The number of benzene rings is 4. The summed E-state index contributed by atoms with van der Waals surface area (Å²) in [5.41, 5.74) is 27.4. The van der Waals surface area contributed by atoms with Crippen LogP contribution >= 0.6 is 0 Å². The topological polar surface area (TPSA) is 6.48 Å². The minimum Gasteiger partial charge on any atom is -0.366 e. The van der Waals surface area contributed by atoms with E-state index in [1.165, 1.54) is 124 Å². The summed E-state index contributed by atoms with van der Waals surface area (Å²) in [4.78, 5) is 5.32. The second-order valence-electron chi connectivity index (χ2n) is 23.0. The first-order chi connectivity index (χ1) is 32.8. The number of aryl methyl sites for hydroxylation is 1. The molecule has 3 heteroatoms. The SMILES string of the molecule is C=C/C(=C\C=C\C1(N(C)c2cc(C3=C(C)[C@@H](C)C=C3C(C)C)cc3c2Bc2cc(C4=C(C(C)C)C=C(C)[C@@H]4C)ccc2N3c2ccc(C)cc2)CCCC1)c1c(C(C)C)cc(C(C)C)cc1C(C)C. The fraction of sp³-hybridized carbons (Fsp3) is 0.424. The van der Waals surface area contributed by atoms with Gasteiger partial charge in [0.15, 0.2) is 0 Å². The molecule has 0 radical (unpaired) electrons. The lowest BCUT2D eigenvalue weighted by Crippen LogP contribution is -2.48. The molecule has 1 aliphatic heterocycles. The molecule has 2 atom stereocenters. The Bertz CT molecular complexity index is 2790. The molecule has 1 heterocycles. The van der Waals surface area contributed by atoms with E-state index in [9.17, 15) is 0 Å². The van der Waals surface area contributed by atoms with Crippen molar-refractivity contribution in [3.05, 3.63) is 171 Å². The summed E-state index contributed by atoms with van der Waals surface area (Å²) >= 11 is 0. The van der Waals surface area contributed by atoms with E-state index in [2.05, 4.69) is 230 Å². The first-order valence-corrected chi connectivity index (χ1v) is 26.7. The fourth-order valence-electron chi connectivity index (χ4n) is 12.2. The summed E-state index contributed by atoms with van der Waals surface area (Å²) in [6, 6.07) is 26.7. The highest BCUT2D eigenvalue weighted by Gasteiger charge is 2.39. The minimum atomic E-state index is -0.155. The lowest BCUT2D eigenvalue weighted by molar-refractivity contribution is 0.515. The highest BCUT2D eigenvalue weighted by Crippen LogP contribution is 2.48. The molecule has 4 aliphatic rings. The first kappa shape index (κ1) is 50.1. The Hall–Kier alpha value is -5.28. The molecule has 69 heavy (non-hydrogen) atoms. The zero-order chi connectivity index (χ0) is 49.8. The summed E-state index contributed by atoms with van der Waals surface area (Å²) in [5, 5.41) is 0. The van der Waals surface area contributed by atoms with E-state index >= 15 is 0 Å². The van der Waals surface area contributed by atoms with Crippen LogP contribution in [0, 0.1) is 30.6 Å². The van der Waals surface area contributed by atoms with E-state index < -0.39 is 0 Å². The molecule has 1 fully saturated rings. The summed E-state index contributed by atoms with van der Waals surface area (Å²) in [5.74, 6) is 2.98. The van der Waals surface area contributed by atoms with Crippen LogP contribution in [0.2, 0.25) is 0 Å². The van der Waals surface area contributed by atoms with Crippen molar-refractivity contribution in [2.75, 3.05) is 16.8 Å². The van der Waals surface area contributed by atoms with Crippen LogP contribution < -0.4 is 20.7 Å². The Morgan fingerprint density at radius 2 is 1.41 bits per heavy atom. The van der Waals surface area contributed by atoms with E-state index in [-0.39, 0.29) is 5.54 Å². The van der Waals surface area contributed by atoms with Crippen LogP contribution in [0.25, 0.3) is 16.7 Å². The summed E-state index contributed by atoms with van der Waals surface area (Å²) in [7, 11) is 3.29. The van der Waals surface area contributed by atoms with Crippen LogP contribution in [0.3, 0.4) is 0 Å². The molecule has 1 saturated carbocycles. The maximum atomic E-state index is 4.45. The van der Waals surface area contributed by atoms with Gasteiger partial charge in [0.1, 0.15) is 0 Å². The third-order valence-electron chi connectivity index (χ3n) is 16.7. The van der Waals surface area contributed by atoms with Crippen molar-refractivity contribution < 1.29 is 0 Å². The molecule has 0 saturated heterocycles. The molecular weight excluding hydrogens is 832 g/mol. The summed E-state index contributed by atoms with van der Waals surface area (Å²) in [6.07, 6.45) is 19.1. The maximum Gasteiger partial charge on any atom is 0.200 e. The first-order valence-electron chi connectivity index (χ1n) is 26.7. The summed E-state index contributed by atoms with van der Waals surface area (Å²) < 4.78 is 0. The molecule has 0 spiro atoms. The normalized spacial score (nSPS) is 19.2. The van der Waals surface area contributed by atoms with E-state index in [1.807, 2.05) is 0 Å². The average Bonchev–Trinajstić information content (AvgIpc) is 4.01. The average molecular weight is 915 g/mol. The second kappa shape index (κ2) is 19.8. The number of fused-ring (bicyclic) bond motifs is 2. The molecule has 0 unspecified atom stereocenters. The maximum absolute atomic E-state index is 4.45. The molecule has 0 bridgehead atoms. The third-order valence-corrected chi connectivity index (χ3v) is 16.7. The lowest BCUT2D eigenvalue weighted by atomic mass is 9.58. The number of hydrogen-bond acceptors (Lipinski definition) is 2. The van der Waals surface area contributed by atoms with Crippen molar-refractivity contribution in [2.45, 2.75) is 153 Å². The van der Waals surface area contributed by atoms with Crippen LogP contribution in [0.4, 0.5) is 22.7 Å².